The van der Waals surface area contributed by atoms with Gasteiger partial charge in [0.15, 0.2) is 11.5 Å². The molecule has 1 unspecified atom stereocenters. The largest absolute Gasteiger partial charge is 0.457 e. The first-order valence-electron chi connectivity index (χ1n) is 11.1. The van der Waals surface area contributed by atoms with Crippen molar-refractivity contribution in [1.29, 1.82) is 0 Å². The number of likely N-dealkylation sites (tertiary alicyclic amines) is 1. The van der Waals surface area contributed by atoms with Gasteiger partial charge in [0.2, 0.25) is 0 Å². The number of amides is 1. The van der Waals surface area contributed by atoms with E-state index in [1.165, 1.54) is 10.9 Å². The summed E-state index contributed by atoms with van der Waals surface area (Å²) in [6.45, 7) is 2.47. The van der Waals surface area contributed by atoms with Crippen LogP contribution in [-0.4, -0.2) is 43.0 Å². The van der Waals surface area contributed by atoms with E-state index in [0.29, 0.717) is 57.9 Å². The van der Waals surface area contributed by atoms with E-state index in [2.05, 4.69) is 21.8 Å². The molecule has 2 aromatic heterocycles. The summed E-state index contributed by atoms with van der Waals surface area (Å²) in [4.78, 5) is 36.0. The van der Waals surface area contributed by atoms with Crippen molar-refractivity contribution >= 4 is 46.1 Å². The maximum atomic E-state index is 13.7. The Kier molecular flexibility index (Phi) is 6.31. The molecule has 0 bridgehead atoms. The molecule has 2 aromatic carbocycles. The molecular formula is C25H20Cl2N6O3. The van der Waals surface area contributed by atoms with E-state index in [9.17, 15) is 9.59 Å². The number of anilines is 1. The van der Waals surface area contributed by atoms with E-state index in [4.69, 9.17) is 33.7 Å². The number of nitrogens with zero attached hydrogens (tertiary/aromatic N) is 5. The smallest absolute Gasteiger partial charge is 0.335 e. The Morgan fingerprint density at radius 2 is 1.86 bits per heavy atom. The Morgan fingerprint density at radius 3 is 2.58 bits per heavy atom. The van der Waals surface area contributed by atoms with Gasteiger partial charge in [-0.15, -0.1) is 0 Å². The Labute approximate surface area is 216 Å². The zero-order chi connectivity index (χ0) is 25.4. The number of ether oxygens (including phenoxy) is 1. The Bertz CT molecular complexity index is 1600. The monoisotopic (exact) mass is 522 g/mol. The number of benzene rings is 2. The molecule has 1 aliphatic rings. The number of hydrogen-bond donors (Lipinski definition) is 1. The van der Waals surface area contributed by atoms with Crippen molar-refractivity contribution in [2.45, 2.75) is 19.4 Å². The van der Waals surface area contributed by atoms with Crippen LogP contribution in [0.15, 0.2) is 53.6 Å². The molecule has 1 fully saturated rings. The lowest BCUT2D eigenvalue weighted by Gasteiger charge is -2.14. The number of carbonyl (C=O) groups is 1. The lowest BCUT2D eigenvalue weighted by molar-refractivity contribution is -0.124. The van der Waals surface area contributed by atoms with Crippen molar-refractivity contribution in [2.75, 3.05) is 18.8 Å². The van der Waals surface area contributed by atoms with Gasteiger partial charge in [-0.25, -0.2) is 14.8 Å². The van der Waals surface area contributed by atoms with Gasteiger partial charge in [0.1, 0.15) is 23.3 Å². The highest BCUT2D eigenvalue weighted by Gasteiger charge is 2.31. The SMILES string of the molecule is CC#CC(=O)N1CCC(n2c(=O)n(-c3ccc(Oc4ccc(Cl)c(Cl)c4)cc3)c3c(N)ncnc32)C1. The van der Waals surface area contributed by atoms with Crippen LogP contribution in [0.3, 0.4) is 0 Å². The third-order valence-electron chi connectivity index (χ3n) is 5.95. The van der Waals surface area contributed by atoms with E-state index in [1.807, 2.05) is 0 Å². The van der Waals surface area contributed by atoms with Crippen LogP contribution in [0.5, 0.6) is 11.5 Å². The number of fused-ring (bicyclic) bond motifs is 1. The predicted octanol–water partition coefficient (Wildman–Crippen LogP) is 4.06. The summed E-state index contributed by atoms with van der Waals surface area (Å²) in [6.07, 6.45) is 1.92. The molecular weight excluding hydrogens is 503 g/mol. The Balaban J connectivity index is 1.51. The summed E-state index contributed by atoms with van der Waals surface area (Å²) in [7, 11) is 0. The molecule has 182 valence electrons. The lowest BCUT2D eigenvalue weighted by atomic mass is 10.2. The van der Waals surface area contributed by atoms with Crippen molar-refractivity contribution in [2.24, 2.45) is 0 Å². The van der Waals surface area contributed by atoms with Crippen molar-refractivity contribution in [3.63, 3.8) is 0 Å². The van der Waals surface area contributed by atoms with Crippen LogP contribution in [-0.2, 0) is 4.79 Å². The molecule has 1 amide bonds. The van der Waals surface area contributed by atoms with Gasteiger partial charge >= 0.3 is 5.69 Å². The second-order valence-corrected chi connectivity index (χ2v) is 8.97. The normalized spacial score (nSPS) is 15.1. The van der Waals surface area contributed by atoms with Gasteiger partial charge in [0, 0.05) is 19.2 Å². The highest BCUT2D eigenvalue weighted by atomic mass is 35.5. The maximum Gasteiger partial charge on any atom is 0.335 e. The molecule has 5 rings (SSSR count). The van der Waals surface area contributed by atoms with Gasteiger partial charge in [-0.2, -0.15) is 0 Å². The lowest BCUT2D eigenvalue weighted by Crippen LogP contribution is -2.31. The summed E-state index contributed by atoms with van der Waals surface area (Å²) >= 11 is 12.0. The number of halogens is 2. The van der Waals surface area contributed by atoms with E-state index in [0.717, 1.165) is 0 Å². The van der Waals surface area contributed by atoms with Crippen molar-refractivity contribution in [3.8, 4) is 29.0 Å². The fourth-order valence-corrected chi connectivity index (χ4v) is 4.59. The molecule has 3 heterocycles. The zero-order valence-corrected chi connectivity index (χ0v) is 20.6. The molecule has 0 spiro atoms. The Morgan fingerprint density at radius 1 is 1.11 bits per heavy atom. The molecule has 1 saturated heterocycles. The third-order valence-corrected chi connectivity index (χ3v) is 6.69. The van der Waals surface area contributed by atoms with Gasteiger partial charge in [-0.05, 0) is 55.7 Å². The fourth-order valence-electron chi connectivity index (χ4n) is 4.30. The van der Waals surface area contributed by atoms with E-state index in [1.54, 1.807) is 58.9 Å². The molecule has 0 saturated carbocycles. The highest BCUT2D eigenvalue weighted by molar-refractivity contribution is 6.42. The maximum absolute atomic E-state index is 13.7. The summed E-state index contributed by atoms with van der Waals surface area (Å²) in [5.41, 5.74) is 7.24. The van der Waals surface area contributed by atoms with Crippen LogP contribution < -0.4 is 16.2 Å². The number of imidazole rings is 1. The minimum Gasteiger partial charge on any atom is -0.457 e. The van der Waals surface area contributed by atoms with Crippen LogP contribution in [0, 0.1) is 11.8 Å². The van der Waals surface area contributed by atoms with Crippen LogP contribution in [0.1, 0.15) is 19.4 Å². The van der Waals surface area contributed by atoms with Gasteiger partial charge in [-0.3, -0.25) is 13.9 Å². The van der Waals surface area contributed by atoms with Gasteiger partial charge in [-0.1, -0.05) is 29.1 Å². The molecule has 0 radical (unpaired) electrons. The minimum atomic E-state index is -0.323. The van der Waals surface area contributed by atoms with Crippen LogP contribution in [0.25, 0.3) is 16.9 Å². The summed E-state index contributed by atoms with van der Waals surface area (Å²) < 4.78 is 8.91. The summed E-state index contributed by atoms with van der Waals surface area (Å²) in [5.74, 6) is 6.16. The fraction of sp³-hybridized carbons (Fsp3) is 0.200. The number of rotatable bonds is 4. The number of nitrogens with two attached hydrogens (primary N) is 1. The minimum absolute atomic E-state index is 0.176. The quantitative estimate of drug-likeness (QED) is 0.405. The number of nitrogen functional groups attached to an aromatic ring is 1. The first-order valence-corrected chi connectivity index (χ1v) is 11.8. The molecule has 36 heavy (non-hydrogen) atoms. The summed E-state index contributed by atoms with van der Waals surface area (Å²) in [5, 5.41) is 0.817. The summed E-state index contributed by atoms with van der Waals surface area (Å²) in [6, 6.07) is 11.7. The highest BCUT2D eigenvalue weighted by Crippen LogP contribution is 2.31. The van der Waals surface area contributed by atoms with Crippen molar-refractivity contribution in [1.82, 2.24) is 24.0 Å². The molecule has 9 nitrogen and oxygen atoms in total. The topological polar surface area (TPSA) is 108 Å². The average molecular weight is 523 g/mol. The van der Waals surface area contributed by atoms with E-state index in [-0.39, 0.29) is 23.5 Å². The molecule has 11 heteroatoms. The van der Waals surface area contributed by atoms with Gasteiger partial charge in [0.05, 0.1) is 21.8 Å². The molecule has 0 aliphatic carbocycles. The van der Waals surface area contributed by atoms with Crippen molar-refractivity contribution < 1.29 is 9.53 Å². The molecule has 4 aromatic rings. The number of aromatic nitrogens is 4. The van der Waals surface area contributed by atoms with Gasteiger partial charge in [0.25, 0.3) is 5.91 Å². The number of hydrogen-bond acceptors (Lipinski definition) is 6. The van der Waals surface area contributed by atoms with E-state index < -0.39 is 0 Å². The standard InChI is InChI=1S/C25H20Cl2N6O3/c1-2-3-21(34)31-11-10-16(13-31)33-24-22(23(28)29-14-30-24)32(25(33)35)15-4-6-17(7-5-15)36-18-8-9-19(26)20(27)12-18/h4-9,12,14,16H,10-11,13H2,1H3,(H2,28,29,30). The van der Waals surface area contributed by atoms with Crippen LogP contribution in [0.4, 0.5) is 5.82 Å². The average Bonchev–Trinajstić information content (AvgIpc) is 3.45. The first kappa shape index (κ1) is 23.7. The third kappa shape index (κ3) is 4.26. The molecule has 2 N–H and O–H groups in total. The predicted molar refractivity (Wildman–Crippen MR) is 138 cm³/mol. The Hall–Kier alpha value is -4.00. The zero-order valence-electron chi connectivity index (χ0n) is 19.1. The second-order valence-electron chi connectivity index (χ2n) is 8.16. The molecule has 1 atom stereocenters. The van der Waals surface area contributed by atoms with Gasteiger partial charge < -0.3 is 15.4 Å². The van der Waals surface area contributed by atoms with Crippen LogP contribution in [0.2, 0.25) is 10.0 Å². The second kappa shape index (κ2) is 9.57. The first-order chi connectivity index (χ1) is 17.4. The van der Waals surface area contributed by atoms with E-state index >= 15 is 0 Å². The van der Waals surface area contributed by atoms with Crippen LogP contribution >= 0.6 is 23.2 Å². The number of carbonyl (C=O) groups excluding carboxylic acids is 1. The molecule has 1 aliphatic heterocycles. The van der Waals surface area contributed by atoms with Crippen molar-refractivity contribution in [3.05, 3.63) is 69.3 Å².